The maximum Gasteiger partial charge on any atom is 0.331 e. The summed E-state index contributed by atoms with van der Waals surface area (Å²) in [6, 6.07) is 0. The van der Waals surface area contributed by atoms with Crippen LogP contribution in [-0.2, 0) is 19.1 Å². The quantitative estimate of drug-likeness (QED) is 0.215. The number of carboxylic acid groups (broad SMARTS) is 1. The number of carbonyl (C=O) groups excluding carboxylic acids is 2. The van der Waals surface area contributed by atoms with Crippen LogP contribution < -0.4 is 0 Å². The number of carboxylic acids is 1. The van der Waals surface area contributed by atoms with Gasteiger partial charge in [-0.1, -0.05) is 56.7 Å². The monoisotopic (exact) mass is 496 g/mol. The smallest absolute Gasteiger partial charge is 0.331 e. The molecular weight excluding hydrogens is 452 g/mol. The molecule has 0 unspecified atom stereocenters. The van der Waals surface area contributed by atoms with Crippen LogP contribution in [0.4, 0.5) is 0 Å². The lowest BCUT2D eigenvalue weighted by Gasteiger charge is -2.52. The van der Waals surface area contributed by atoms with E-state index in [0.29, 0.717) is 24.7 Å². The number of methoxy groups -OCH3 is 1. The van der Waals surface area contributed by atoms with E-state index in [1.54, 1.807) is 0 Å². The van der Waals surface area contributed by atoms with Gasteiger partial charge in [0.15, 0.2) is 5.78 Å². The predicted molar refractivity (Wildman–Crippen MR) is 142 cm³/mol. The first-order chi connectivity index (χ1) is 16.7. The van der Waals surface area contributed by atoms with Crippen molar-refractivity contribution < 1.29 is 24.2 Å². The predicted octanol–water partition coefficient (Wildman–Crippen LogP) is 6.85. The number of aliphatic carboxylic acids is 1. The molecule has 0 aromatic heterocycles. The van der Waals surface area contributed by atoms with Crippen molar-refractivity contribution in [2.45, 2.75) is 86.0 Å². The highest BCUT2D eigenvalue weighted by molar-refractivity contribution is 5.98. The minimum absolute atomic E-state index is 0.0712. The van der Waals surface area contributed by atoms with Gasteiger partial charge in [-0.2, -0.15) is 0 Å². The lowest BCUT2D eigenvalue weighted by Crippen LogP contribution is -2.45. The van der Waals surface area contributed by atoms with Gasteiger partial charge >= 0.3 is 11.9 Å². The van der Waals surface area contributed by atoms with Crippen molar-refractivity contribution in [1.82, 2.24) is 0 Å². The van der Waals surface area contributed by atoms with Gasteiger partial charge in [0.1, 0.15) is 0 Å². The summed E-state index contributed by atoms with van der Waals surface area (Å²) in [5.74, 6) is -0.667. The van der Waals surface area contributed by atoms with E-state index < -0.39 is 5.97 Å². The normalized spacial score (nSPS) is 34.8. The van der Waals surface area contributed by atoms with E-state index >= 15 is 0 Å². The molecule has 0 radical (unpaired) electrons. The first kappa shape index (κ1) is 28.1. The fraction of sp³-hybridized carbons (Fsp3) is 0.645. The van der Waals surface area contributed by atoms with Crippen LogP contribution in [0.15, 0.2) is 47.6 Å². The average Bonchev–Trinajstić information content (AvgIpc) is 3.33. The maximum atomic E-state index is 12.8. The van der Waals surface area contributed by atoms with Gasteiger partial charge in [-0.3, -0.25) is 9.59 Å². The van der Waals surface area contributed by atoms with Gasteiger partial charge in [0.25, 0.3) is 0 Å². The van der Waals surface area contributed by atoms with E-state index in [1.807, 2.05) is 0 Å². The topological polar surface area (TPSA) is 80.7 Å². The Morgan fingerprint density at radius 1 is 1.25 bits per heavy atom. The maximum absolute atomic E-state index is 12.8. The van der Waals surface area contributed by atoms with Crippen molar-refractivity contribution in [2.24, 2.45) is 34.0 Å². The third kappa shape index (κ3) is 4.43. The van der Waals surface area contributed by atoms with Crippen molar-refractivity contribution in [3.05, 3.63) is 47.6 Å². The Kier molecular flexibility index (Phi) is 7.93. The molecule has 2 fully saturated rings. The molecule has 0 saturated heterocycles. The molecule has 0 aromatic carbocycles. The standard InChI is InChI=1S/C31H44O5/c1-19(2)24-9-10-26-25(29(24,6)14-13-27(33)36-8)12-16-31(26)21(4)11-15-30(31,7)22(5)18-23(32)17-20(3)28(34)35/h10,17,22,24-25H,1,4,9,11-16,18H2,2-3,5-8H3,(H,34,35)/t22-,24+,25-,29+,30+,31+/m0/s1. The molecule has 5 heteroatoms. The van der Waals surface area contributed by atoms with E-state index in [0.717, 1.165) is 44.1 Å². The van der Waals surface area contributed by atoms with Crippen molar-refractivity contribution in [2.75, 3.05) is 7.11 Å². The molecule has 5 nitrogen and oxygen atoms in total. The van der Waals surface area contributed by atoms with Crippen LogP contribution in [-0.4, -0.2) is 29.9 Å². The second-order valence-electron chi connectivity index (χ2n) is 12.1. The number of carbonyl (C=O) groups is 3. The van der Waals surface area contributed by atoms with E-state index in [1.165, 1.54) is 31.3 Å². The summed E-state index contributed by atoms with van der Waals surface area (Å²) < 4.78 is 4.98. The number of rotatable bonds is 9. The third-order valence-corrected chi connectivity index (χ3v) is 10.4. The molecule has 3 aliphatic rings. The molecule has 1 spiro atoms. The zero-order valence-electron chi connectivity index (χ0n) is 23.0. The lowest BCUT2D eigenvalue weighted by molar-refractivity contribution is -0.141. The summed E-state index contributed by atoms with van der Waals surface area (Å²) in [6.45, 7) is 19.3. The minimum atomic E-state index is -1.06. The Balaban J connectivity index is 1.99. The van der Waals surface area contributed by atoms with Crippen molar-refractivity contribution in [3.8, 4) is 0 Å². The summed E-state index contributed by atoms with van der Waals surface area (Å²) in [6.07, 6.45) is 10.0. The zero-order valence-corrected chi connectivity index (χ0v) is 23.0. The molecule has 2 saturated carbocycles. The fourth-order valence-electron chi connectivity index (χ4n) is 8.10. The first-order valence-corrected chi connectivity index (χ1v) is 13.3. The van der Waals surface area contributed by atoms with Crippen molar-refractivity contribution in [1.29, 1.82) is 0 Å². The molecule has 0 bridgehead atoms. The molecule has 0 aromatic rings. The van der Waals surface area contributed by atoms with E-state index in [2.05, 4.69) is 46.9 Å². The van der Waals surface area contributed by atoms with Gasteiger partial charge in [0, 0.05) is 23.8 Å². The van der Waals surface area contributed by atoms with Gasteiger partial charge in [-0.15, -0.1) is 0 Å². The molecule has 0 aliphatic heterocycles. The van der Waals surface area contributed by atoms with E-state index in [9.17, 15) is 19.5 Å². The Hall–Kier alpha value is -2.43. The number of hydrogen-bond acceptors (Lipinski definition) is 4. The first-order valence-electron chi connectivity index (χ1n) is 13.3. The van der Waals surface area contributed by atoms with Crippen LogP contribution in [0.25, 0.3) is 0 Å². The van der Waals surface area contributed by atoms with Crippen LogP contribution in [0.5, 0.6) is 0 Å². The Bertz CT molecular complexity index is 1030. The zero-order chi connectivity index (χ0) is 27.1. The SMILES string of the molecule is C=C(C)[C@H]1CC=C2[C@H](CC[C@@]23C(=C)CC[C@]3(C)[C@@H](C)CC(=O)C=C(C)C(=O)O)[C@]1(C)CCC(=O)OC. The highest BCUT2D eigenvalue weighted by Crippen LogP contribution is 2.73. The van der Waals surface area contributed by atoms with Gasteiger partial charge in [-0.25, -0.2) is 4.79 Å². The second-order valence-corrected chi connectivity index (χ2v) is 12.1. The van der Waals surface area contributed by atoms with Gasteiger partial charge < -0.3 is 9.84 Å². The highest BCUT2D eigenvalue weighted by Gasteiger charge is 2.64. The van der Waals surface area contributed by atoms with Crippen LogP contribution in [0.2, 0.25) is 0 Å². The number of allylic oxidation sites excluding steroid dienone is 5. The molecular formula is C31H44O5. The molecule has 0 heterocycles. The van der Waals surface area contributed by atoms with Gasteiger partial charge in [0.05, 0.1) is 7.11 Å². The van der Waals surface area contributed by atoms with Crippen LogP contribution >= 0.6 is 0 Å². The number of ketones is 1. The largest absolute Gasteiger partial charge is 0.478 e. The number of fused-ring (bicyclic) bond motifs is 2. The molecule has 6 atom stereocenters. The Labute approximate surface area is 216 Å². The molecule has 1 N–H and O–H groups in total. The summed E-state index contributed by atoms with van der Waals surface area (Å²) in [4.78, 5) is 36.2. The minimum Gasteiger partial charge on any atom is -0.478 e. The van der Waals surface area contributed by atoms with Crippen molar-refractivity contribution in [3.63, 3.8) is 0 Å². The van der Waals surface area contributed by atoms with Crippen LogP contribution in [0, 0.1) is 34.0 Å². The van der Waals surface area contributed by atoms with Gasteiger partial charge in [0.2, 0.25) is 0 Å². The van der Waals surface area contributed by atoms with Crippen molar-refractivity contribution >= 4 is 17.7 Å². The number of ether oxygens (including phenoxy) is 1. The van der Waals surface area contributed by atoms with Gasteiger partial charge in [-0.05, 0) is 87.0 Å². The summed E-state index contributed by atoms with van der Waals surface area (Å²) >= 11 is 0. The Morgan fingerprint density at radius 3 is 2.50 bits per heavy atom. The van der Waals surface area contributed by atoms with Crippen LogP contribution in [0.3, 0.4) is 0 Å². The van der Waals surface area contributed by atoms with E-state index in [4.69, 9.17) is 4.74 Å². The molecule has 198 valence electrons. The van der Waals surface area contributed by atoms with Crippen LogP contribution in [0.1, 0.15) is 86.0 Å². The second kappa shape index (κ2) is 10.1. The fourth-order valence-corrected chi connectivity index (χ4v) is 8.10. The third-order valence-electron chi connectivity index (χ3n) is 10.4. The summed E-state index contributed by atoms with van der Waals surface area (Å²) in [5, 5.41) is 9.19. The summed E-state index contributed by atoms with van der Waals surface area (Å²) in [5.41, 5.74) is 3.53. The Morgan fingerprint density at radius 2 is 1.92 bits per heavy atom. The molecule has 3 aliphatic carbocycles. The molecule has 36 heavy (non-hydrogen) atoms. The van der Waals surface area contributed by atoms with E-state index in [-0.39, 0.29) is 39.5 Å². The summed E-state index contributed by atoms with van der Waals surface area (Å²) in [7, 11) is 1.45. The number of esters is 1. The average molecular weight is 497 g/mol. The molecule has 0 amide bonds. The lowest BCUT2D eigenvalue weighted by atomic mass is 9.51. The highest BCUT2D eigenvalue weighted by atomic mass is 16.5. The molecule has 3 rings (SSSR count). The number of hydrogen-bond donors (Lipinski definition) is 1.